The Morgan fingerprint density at radius 3 is 2.50 bits per heavy atom. The molecule has 0 aromatic carbocycles. The highest BCUT2D eigenvalue weighted by Gasteiger charge is 2.18. The number of aliphatic hydroxyl groups excluding tert-OH is 1. The Hall–Kier alpha value is -1.76. The Labute approximate surface area is 118 Å². The van der Waals surface area contributed by atoms with Gasteiger partial charge in [-0.3, -0.25) is 14.3 Å². The van der Waals surface area contributed by atoms with Crippen molar-refractivity contribution >= 4 is 11.5 Å². The van der Waals surface area contributed by atoms with Crippen LogP contribution in [0, 0.1) is 5.92 Å². The van der Waals surface area contributed by atoms with Crippen molar-refractivity contribution in [1.82, 2.24) is 9.55 Å². The zero-order valence-electron chi connectivity index (χ0n) is 12.3. The molecule has 1 heterocycles. The summed E-state index contributed by atoms with van der Waals surface area (Å²) in [6.45, 7) is 7.16. The topological polar surface area (TPSA) is 104 Å². The lowest BCUT2D eigenvalue weighted by atomic mass is 10.2. The van der Waals surface area contributed by atoms with Crippen LogP contribution in [-0.2, 0) is 6.54 Å². The van der Waals surface area contributed by atoms with Gasteiger partial charge in [-0.15, -0.1) is 0 Å². The molecular weight excluding hydrogens is 260 g/mol. The molecule has 0 bridgehead atoms. The van der Waals surface area contributed by atoms with E-state index in [0.29, 0.717) is 19.6 Å². The molecule has 0 saturated heterocycles. The fourth-order valence-electron chi connectivity index (χ4n) is 2.16. The Balaban J connectivity index is 3.37. The van der Waals surface area contributed by atoms with Crippen LogP contribution < -0.4 is 21.9 Å². The van der Waals surface area contributed by atoms with Crippen LogP contribution in [0.1, 0.15) is 27.2 Å². The molecule has 1 aromatic heterocycles. The van der Waals surface area contributed by atoms with E-state index in [4.69, 9.17) is 10.8 Å². The second-order valence-corrected chi connectivity index (χ2v) is 5.21. The second kappa shape index (κ2) is 7.14. The van der Waals surface area contributed by atoms with Gasteiger partial charge < -0.3 is 15.7 Å². The largest absolute Gasteiger partial charge is 0.395 e. The average Bonchev–Trinajstić information content (AvgIpc) is 2.34. The number of anilines is 2. The molecule has 0 saturated carbocycles. The number of aromatic nitrogens is 2. The molecule has 1 aromatic rings. The first-order valence-corrected chi connectivity index (χ1v) is 6.90. The van der Waals surface area contributed by atoms with Gasteiger partial charge in [0.05, 0.1) is 6.61 Å². The van der Waals surface area contributed by atoms with Gasteiger partial charge in [0.15, 0.2) is 0 Å². The van der Waals surface area contributed by atoms with E-state index >= 15 is 0 Å². The SMILES string of the molecule is CCCN(CCO)c1c(N)n(CC(C)C)c(=O)[nH]c1=O. The van der Waals surface area contributed by atoms with Crippen molar-refractivity contribution in [3.8, 4) is 0 Å². The van der Waals surface area contributed by atoms with Crippen molar-refractivity contribution in [3.63, 3.8) is 0 Å². The summed E-state index contributed by atoms with van der Waals surface area (Å²) in [4.78, 5) is 27.9. The highest BCUT2D eigenvalue weighted by atomic mass is 16.3. The van der Waals surface area contributed by atoms with Crippen LogP contribution in [0.25, 0.3) is 0 Å². The van der Waals surface area contributed by atoms with Gasteiger partial charge in [0.25, 0.3) is 5.56 Å². The third-order valence-electron chi connectivity index (χ3n) is 2.94. The minimum atomic E-state index is -0.505. The normalized spacial score (nSPS) is 11.1. The molecule has 0 aliphatic rings. The zero-order valence-corrected chi connectivity index (χ0v) is 12.3. The molecule has 0 unspecified atom stereocenters. The van der Waals surface area contributed by atoms with E-state index in [0.717, 1.165) is 6.42 Å². The van der Waals surface area contributed by atoms with E-state index in [1.807, 2.05) is 20.8 Å². The Morgan fingerprint density at radius 2 is 2.00 bits per heavy atom. The number of H-pyrrole nitrogens is 1. The number of hydrogen-bond acceptors (Lipinski definition) is 5. The Kier molecular flexibility index (Phi) is 5.82. The van der Waals surface area contributed by atoms with Crippen LogP contribution in [0.2, 0.25) is 0 Å². The second-order valence-electron chi connectivity index (χ2n) is 5.21. The number of nitrogens with zero attached hydrogens (tertiary/aromatic N) is 2. The Morgan fingerprint density at radius 1 is 1.35 bits per heavy atom. The lowest BCUT2D eigenvalue weighted by Gasteiger charge is -2.25. The molecule has 0 aliphatic carbocycles. The van der Waals surface area contributed by atoms with Crippen molar-refractivity contribution in [1.29, 1.82) is 0 Å². The van der Waals surface area contributed by atoms with Crippen LogP contribution in [0.3, 0.4) is 0 Å². The number of hydrogen-bond donors (Lipinski definition) is 3. The predicted molar refractivity (Wildman–Crippen MR) is 80.2 cm³/mol. The van der Waals surface area contributed by atoms with Gasteiger partial charge in [-0.1, -0.05) is 20.8 Å². The molecule has 0 radical (unpaired) electrons. The van der Waals surface area contributed by atoms with Crippen LogP contribution in [0.15, 0.2) is 9.59 Å². The average molecular weight is 284 g/mol. The first-order valence-electron chi connectivity index (χ1n) is 6.90. The van der Waals surface area contributed by atoms with Crippen molar-refractivity contribution in [2.24, 2.45) is 5.92 Å². The van der Waals surface area contributed by atoms with E-state index in [9.17, 15) is 9.59 Å². The summed E-state index contributed by atoms with van der Waals surface area (Å²) in [7, 11) is 0. The van der Waals surface area contributed by atoms with Gasteiger partial charge in [0.2, 0.25) is 0 Å². The number of rotatable bonds is 7. The maximum absolute atomic E-state index is 12.0. The van der Waals surface area contributed by atoms with Crippen LogP contribution in [-0.4, -0.2) is 34.4 Å². The first-order chi connectivity index (χ1) is 9.42. The molecule has 0 spiro atoms. The van der Waals surface area contributed by atoms with E-state index < -0.39 is 11.2 Å². The smallest absolute Gasteiger partial charge is 0.330 e. The number of nitrogens with one attached hydrogen (secondary N) is 1. The zero-order chi connectivity index (χ0) is 15.3. The summed E-state index contributed by atoms with van der Waals surface area (Å²) in [5.41, 5.74) is 5.28. The summed E-state index contributed by atoms with van der Waals surface area (Å²) in [6, 6.07) is 0. The van der Waals surface area contributed by atoms with Crippen molar-refractivity contribution in [2.45, 2.75) is 33.7 Å². The van der Waals surface area contributed by atoms with Gasteiger partial charge in [0.1, 0.15) is 11.5 Å². The molecule has 0 fully saturated rings. The summed E-state index contributed by atoms with van der Waals surface area (Å²) < 4.78 is 1.38. The third-order valence-corrected chi connectivity index (χ3v) is 2.94. The summed E-state index contributed by atoms with van der Waals surface area (Å²) in [5.74, 6) is 0.389. The van der Waals surface area contributed by atoms with Crippen LogP contribution in [0.4, 0.5) is 11.5 Å². The minimum absolute atomic E-state index is 0.0812. The van der Waals surface area contributed by atoms with E-state index in [-0.39, 0.29) is 24.0 Å². The molecule has 0 atom stereocenters. The lowest BCUT2D eigenvalue weighted by Crippen LogP contribution is -2.40. The third kappa shape index (κ3) is 3.63. The van der Waals surface area contributed by atoms with Gasteiger partial charge in [-0.25, -0.2) is 4.79 Å². The predicted octanol–water partition coefficient (Wildman–Crippen LogP) is -0.0165. The summed E-state index contributed by atoms with van der Waals surface area (Å²) >= 11 is 0. The molecule has 0 aliphatic heterocycles. The van der Waals surface area contributed by atoms with Gasteiger partial charge in [-0.2, -0.15) is 0 Å². The lowest BCUT2D eigenvalue weighted by molar-refractivity contribution is 0.301. The maximum Gasteiger partial charge on any atom is 0.330 e. The summed E-state index contributed by atoms with van der Waals surface area (Å²) in [5, 5.41) is 9.11. The first kappa shape index (κ1) is 16.3. The maximum atomic E-state index is 12.0. The van der Waals surface area contributed by atoms with E-state index in [1.54, 1.807) is 4.90 Å². The fourth-order valence-corrected chi connectivity index (χ4v) is 2.16. The van der Waals surface area contributed by atoms with E-state index in [1.165, 1.54) is 4.57 Å². The Bertz CT molecular complexity index is 542. The fraction of sp³-hybridized carbons (Fsp3) is 0.692. The van der Waals surface area contributed by atoms with Crippen molar-refractivity contribution < 1.29 is 5.11 Å². The molecule has 114 valence electrons. The number of nitrogen functional groups attached to an aromatic ring is 1. The number of nitrogens with two attached hydrogens (primary N) is 1. The van der Waals surface area contributed by atoms with E-state index in [2.05, 4.69) is 4.98 Å². The molecule has 1 rings (SSSR count). The highest BCUT2D eigenvalue weighted by Crippen LogP contribution is 2.17. The molecule has 4 N–H and O–H groups in total. The van der Waals surface area contributed by atoms with Crippen LogP contribution >= 0.6 is 0 Å². The molecule has 0 amide bonds. The highest BCUT2D eigenvalue weighted by molar-refractivity contribution is 5.62. The standard InChI is InChI=1S/C13H24N4O3/c1-4-5-16(6-7-18)10-11(14)17(8-9(2)3)13(20)15-12(10)19/h9,18H,4-8,14H2,1-3H3,(H,15,19,20). The number of aliphatic hydroxyl groups is 1. The number of aromatic amines is 1. The quantitative estimate of drug-likeness (QED) is 0.653. The monoisotopic (exact) mass is 284 g/mol. The summed E-state index contributed by atoms with van der Waals surface area (Å²) in [6.07, 6.45) is 0.808. The molecule has 20 heavy (non-hydrogen) atoms. The van der Waals surface area contributed by atoms with Crippen molar-refractivity contribution in [2.75, 3.05) is 30.3 Å². The molecular formula is C13H24N4O3. The molecule has 7 heteroatoms. The van der Waals surface area contributed by atoms with Gasteiger partial charge >= 0.3 is 5.69 Å². The van der Waals surface area contributed by atoms with Gasteiger partial charge in [-0.05, 0) is 12.3 Å². The van der Waals surface area contributed by atoms with Crippen LogP contribution in [0.5, 0.6) is 0 Å². The van der Waals surface area contributed by atoms with Crippen molar-refractivity contribution in [3.05, 3.63) is 20.8 Å². The minimum Gasteiger partial charge on any atom is -0.395 e. The van der Waals surface area contributed by atoms with Gasteiger partial charge in [0, 0.05) is 19.6 Å². The molecule has 7 nitrogen and oxygen atoms in total.